The van der Waals surface area contributed by atoms with Crippen molar-refractivity contribution in [3.63, 3.8) is 0 Å². The summed E-state index contributed by atoms with van der Waals surface area (Å²) >= 11 is 0. The van der Waals surface area contributed by atoms with Crippen molar-refractivity contribution in [1.29, 1.82) is 0 Å². The summed E-state index contributed by atoms with van der Waals surface area (Å²) < 4.78 is 2.07. The maximum Gasteiger partial charge on any atom is 0.0926 e. The summed E-state index contributed by atoms with van der Waals surface area (Å²) in [4.78, 5) is 0. The summed E-state index contributed by atoms with van der Waals surface area (Å²) in [7, 11) is 0. The third-order valence-corrected chi connectivity index (χ3v) is 4.03. The van der Waals surface area contributed by atoms with E-state index in [2.05, 4.69) is 60.0 Å². The topological polar surface area (TPSA) is 43.8 Å². The molecule has 1 aromatic heterocycles. The second kappa shape index (κ2) is 5.70. The lowest BCUT2D eigenvalue weighted by Gasteiger charge is -2.25. The Labute approximate surface area is 125 Å². The number of aromatic nitrogens is 2. The highest BCUT2D eigenvalue weighted by Crippen LogP contribution is 2.27. The molecule has 3 rings (SSSR count). The van der Waals surface area contributed by atoms with Gasteiger partial charge in [-0.05, 0) is 25.0 Å². The smallest absolute Gasteiger partial charge is 0.0926 e. The van der Waals surface area contributed by atoms with E-state index >= 15 is 0 Å². The Bertz CT molecular complexity index is 745. The van der Waals surface area contributed by atoms with Gasteiger partial charge in [-0.15, -0.1) is 0 Å². The summed E-state index contributed by atoms with van der Waals surface area (Å²) in [5.74, 6) is 0. The molecule has 3 heteroatoms. The molecule has 0 amide bonds. The highest BCUT2D eigenvalue weighted by Gasteiger charge is 2.22. The van der Waals surface area contributed by atoms with Crippen LogP contribution >= 0.6 is 0 Å². The zero-order valence-corrected chi connectivity index (χ0v) is 12.5. The number of rotatable bonds is 4. The highest BCUT2D eigenvalue weighted by atomic mass is 15.3. The van der Waals surface area contributed by atoms with E-state index in [4.69, 9.17) is 5.73 Å². The summed E-state index contributed by atoms with van der Waals surface area (Å²) in [5.41, 5.74) is 10.0. The average Bonchev–Trinajstić information content (AvgIpc) is 2.91. The first-order valence-electron chi connectivity index (χ1n) is 7.45. The fourth-order valence-corrected chi connectivity index (χ4v) is 2.86. The Morgan fingerprint density at radius 1 is 1.14 bits per heavy atom. The maximum atomic E-state index is 6.42. The molecule has 0 radical (unpaired) electrons. The molecule has 3 nitrogen and oxygen atoms in total. The molecule has 3 aromatic rings. The first-order valence-corrected chi connectivity index (χ1v) is 7.45. The molecule has 2 N–H and O–H groups in total. The van der Waals surface area contributed by atoms with Gasteiger partial charge in [-0.3, -0.25) is 4.68 Å². The zero-order valence-electron chi connectivity index (χ0n) is 12.5. The number of hydrogen-bond acceptors (Lipinski definition) is 2. The number of para-hydroxylation sites is 1. The Balaban J connectivity index is 2.16. The van der Waals surface area contributed by atoms with Crippen LogP contribution in [-0.2, 0) is 0 Å². The van der Waals surface area contributed by atoms with Crippen molar-refractivity contribution in [3.05, 3.63) is 65.9 Å². The van der Waals surface area contributed by atoms with Crippen molar-refractivity contribution in [2.45, 2.75) is 32.4 Å². The van der Waals surface area contributed by atoms with E-state index in [1.165, 1.54) is 11.1 Å². The second-order valence-electron chi connectivity index (χ2n) is 5.58. The summed E-state index contributed by atoms with van der Waals surface area (Å²) in [6, 6.07) is 16.9. The van der Waals surface area contributed by atoms with E-state index in [0.29, 0.717) is 0 Å². The summed E-state index contributed by atoms with van der Waals surface area (Å²) in [5, 5.41) is 5.76. The molecule has 0 fully saturated rings. The molecule has 0 aliphatic rings. The Hall–Kier alpha value is -2.13. The third kappa shape index (κ3) is 2.57. The van der Waals surface area contributed by atoms with Crippen LogP contribution in [0.25, 0.3) is 10.9 Å². The molecule has 0 aliphatic carbocycles. The fraction of sp³-hybridized carbons (Fsp3) is 0.278. The standard InChI is InChI=1S/C18H21N3/c1-3-16(19)18(14-9-6-7-13(2)11-14)21-17-10-5-4-8-15(17)12-20-21/h4-12,16,18H,3,19H2,1-2H3. The minimum absolute atomic E-state index is 0.0371. The summed E-state index contributed by atoms with van der Waals surface area (Å²) in [6.45, 7) is 4.23. The molecule has 1 heterocycles. The van der Waals surface area contributed by atoms with Gasteiger partial charge in [0.1, 0.15) is 0 Å². The predicted molar refractivity (Wildman–Crippen MR) is 87.3 cm³/mol. The number of fused-ring (bicyclic) bond motifs is 1. The summed E-state index contributed by atoms with van der Waals surface area (Å²) in [6.07, 6.45) is 2.83. The van der Waals surface area contributed by atoms with Gasteiger partial charge in [0.15, 0.2) is 0 Å². The lowest BCUT2D eigenvalue weighted by atomic mass is 9.96. The first kappa shape index (κ1) is 13.8. The van der Waals surface area contributed by atoms with Crippen molar-refractivity contribution in [2.24, 2.45) is 5.73 Å². The molecule has 21 heavy (non-hydrogen) atoms. The van der Waals surface area contributed by atoms with Gasteiger partial charge >= 0.3 is 0 Å². The number of aryl methyl sites for hydroxylation is 1. The zero-order chi connectivity index (χ0) is 14.8. The van der Waals surface area contributed by atoms with Gasteiger partial charge in [0.2, 0.25) is 0 Å². The average molecular weight is 279 g/mol. The Morgan fingerprint density at radius 3 is 2.71 bits per heavy atom. The van der Waals surface area contributed by atoms with Crippen molar-refractivity contribution in [3.8, 4) is 0 Å². The van der Waals surface area contributed by atoms with Gasteiger partial charge in [-0.25, -0.2) is 0 Å². The van der Waals surface area contributed by atoms with Crippen LogP contribution in [0.2, 0.25) is 0 Å². The SMILES string of the molecule is CCC(N)C(c1cccc(C)c1)n1ncc2ccccc21. The van der Waals surface area contributed by atoms with E-state index in [1.807, 2.05) is 18.3 Å². The maximum absolute atomic E-state index is 6.42. The van der Waals surface area contributed by atoms with Crippen LogP contribution in [0, 0.1) is 6.92 Å². The third-order valence-electron chi connectivity index (χ3n) is 4.03. The molecule has 0 saturated carbocycles. The molecule has 0 spiro atoms. The van der Waals surface area contributed by atoms with E-state index in [-0.39, 0.29) is 12.1 Å². The fourth-order valence-electron chi connectivity index (χ4n) is 2.86. The number of nitrogens with zero attached hydrogens (tertiary/aromatic N) is 2. The molecular formula is C18H21N3. The first-order chi connectivity index (χ1) is 10.2. The van der Waals surface area contributed by atoms with E-state index in [1.54, 1.807) is 0 Å². The normalized spacial score (nSPS) is 14.2. The van der Waals surface area contributed by atoms with Gasteiger partial charge < -0.3 is 5.73 Å². The number of hydrogen-bond donors (Lipinski definition) is 1. The molecule has 108 valence electrons. The number of benzene rings is 2. The second-order valence-corrected chi connectivity index (χ2v) is 5.58. The molecule has 2 aromatic carbocycles. The van der Waals surface area contributed by atoms with Crippen molar-refractivity contribution >= 4 is 10.9 Å². The van der Waals surface area contributed by atoms with Gasteiger partial charge in [0, 0.05) is 11.4 Å². The molecule has 0 saturated heterocycles. The van der Waals surface area contributed by atoms with Crippen molar-refractivity contribution in [1.82, 2.24) is 9.78 Å². The van der Waals surface area contributed by atoms with Crippen molar-refractivity contribution < 1.29 is 0 Å². The van der Waals surface area contributed by atoms with Crippen LogP contribution in [0.15, 0.2) is 54.7 Å². The van der Waals surface area contributed by atoms with Crippen molar-refractivity contribution in [2.75, 3.05) is 0 Å². The van der Waals surface area contributed by atoms with Crippen LogP contribution < -0.4 is 5.73 Å². The lowest BCUT2D eigenvalue weighted by Crippen LogP contribution is -2.33. The van der Waals surface area contributed by atoms with Crippen LogP contribution in [0.1, 0.15) is 30.5 Å². The molecular weight excluding hydrogens is 258 g/mol. The Morgan fingerprint density at radius 2 is 1.95 bits per heavy atom. The number of nitrogens with two attached hydrogens (primary N) is 1. The van der Waals surface area contributed by atoms with Crippen LogP contribution in [-0.4, -0.2) is 15.8 Å². The van der Waals surface area contributed by atoms with Crippen LogP contribution in [0.4, 0.5) is 0 Å². The van der Waals surface area contributed by atoms with Crippen LogP contribution in [0.3, 0.4) is 0 Å². The minimum atomic E-state index is 0.0371. The van der Waals surface area contributed by atoms with Gasteiger partial charge in [-0.2, -0.15) is 5.10 Å². The van der Waals surface area contributed by atoms with Crippen LogP contribution in [0.5, 0.6) is 0 Å². The van der Waals surface area contributed by atoms with Gasteiger partial charge in [0.05, 0.1) is 17.8 Å². The van der Waals surface area contributed by atoms with E-state index < -0.39 is 0 Å². The van der Waals surface area contributed by atoms with E-state index in [0.717, 1.165) is 17.3 Å². The minimum Gasteiger partial charge on any atom is -0.326 e. The molecule has 0 aliphatic heterocycles. The highest BCUT2D eigenvalue weighted by molar-refractivity contribution is 5.78. The van der Waals surface area contributed by atoms with Gasteiger partial charge in [0.25, 0.3) is 0 Å². The van der Waals surface area contributed by atoms with Gasteiger partial charge in [-0.1, -0.05) is 55.0 Å². The van der Waals surface area contributed by atoms with E-state index in [9.17, 15) is 0 Å². The monoisotopic (exact) mass is 279 g/mol. The predicted octanol–water partition coefficient (Wildman–Crippen LogP) is 3.67. The quantitative estimate of drug-likeness (QED) is 0.792. The lowest BCUT2D eigenvalue weighted by molar-refractivity contribution is 0.434. The Kier molecular flexibility index (Phi) is 3.76. The largest absolute Gasteiger partial charge is 0.326 e. The molecule has 2 atom stereocenters. The molecule has 0 bridgehead atoms. The molecule has 2 unspecified atom stereocenters.